The molecule has 94 valence electrons. The van der Waals surface area contributed by atoms with Crippen molar-refractivity contribution in [3.8, 4) is 0 Å². The number of para-hydroxylation sites is 1. The molecule has 1 heterocycles. The molecule has 0 amide bonds. The van der Waals surface area contributed by atoms with E-state index in [1.54, 1.807) is 48.5 Å². The summed E-state index contributed by atoms with van der Waals surface area (Å²) in [7, 11) is 0. The highest BCUT2D eigenvalue weighted by atomic mass is 35.5. The molecule has 4 heteroatoms. The molecule has 0 spiro atoms. The maximum absolute atomic E-state index is 14.1. The minimum Gasteiger partial charge on any atom is -0.293 e. The molecule has 0 fully saturated rings. The molecule has 2 aromatic carbocycles. The van der Waals surface area contributed by atoms with Crippen molar-refractivity contribution < 1.29 is 9.18 Å². The Hall–Kier alpha value is -2.00. The molecule has 2 aromatic rings. The van der Waals surface area contributed by atoms with E-state index in [9.17, 15) is 9.18 Å². The number of fused-ring (bicyclic) bond motifs is 1. The summed E-state index contributed by atoms with van der Waals surface area (Å²) in [4.78, 5) is 16.2. The van der Waals surface area contributed by atoms with Gasteiger partial charge in [0.1, 0.15) is 5.92 Å². The van der Waals surface area contributed by atoms with Gasteiger partial charge in [0, 0.05) is 10.6 Å². The summed E-state index contributed by atoms with van der Waals surface area (Å²) in [5.74, 6) is -1.91. The summed E-state index contributed by atoms with van der Waals surface area (Å²) in [5.41, 5.74) is 1.39. The highest BCUT2D eigenvalue weighted by Gasteiger charge is 2.32. The summed E-state index contributed by atoms with van der Waals surface area (Å²) in [6.07, 6.45) is 0. The molecule has 0 radical (unpaired) electrons. The van der Waals surface area contributed by atoms with Crippen molar-refractivity contribution in [1.82, 2.24) is 0 Å². The lowest BCUT2D eigenvalue weighted by atomic mass is 9.88. The van der Waals surface area contributed by atoms with Gasteiger partial charge in [-0.25, -0.2) is 4.99 Å². The summed E-state index contributed by atoms with van der Waals surface area (Å²) in [5, 5.41) is 0.546. The molecule has 0 aromatic heterocycles. The van der Waals surface area contributed by atoms with Gasteiger partial charge in [-0.15, -0.1) is 0 Å². The maximum atomic E-state index is 14.1. The Labute approximate surface area is 114 Å². The third kappa shape index (κ3) is 2.06. The fraction of sp³-hybridized carbons (Fsp3) is 0.0667. The predicted octanol–water partition coefficient (Wildman–Crippen LogP) is 4.32. The van der Waals surface area contributed by atoms with Gasteiger partial charge in [-0.2, -0.15) is 4.39 Å². The zero-order valence-corrected chi connectivity index (χ0v) is 10.6. The number of benzene rings is 2. The molecule has 3 rings (SSSR count). The van der Waals surface area contributed by atoms with Crippen LogP contribution in [0.4, 0.5) is 10.1 Å². The van der Waals surface area contributed by atoms with E-state index < -0.39 is 11.9 Å². The number of nitrogens with zero attached hydrogens (tertiary/aromatic N) is 1. The van der Waals surface area contributed by atoms with E-state index in [0.29, 0.717) is 21.8 Å². The monoisotopic (exact) mass is 273 g/mol. The van der Waals surface area contributed by atoms with Gasteiger partial charge in [-0.1, -0.05) is 35.9 Å². The fourth-order valence-corrected chi connectivity index (χ4v) is 2.29. The number of halogens is 2. The van der Waals surface area contributed by atoms with Crippen LogP contribution in [0.3, 0.4) is 0 Å². The first-order chi connectivity index (χ1) is 9.16. The van der Waals surface area contributed by atoms with E-state index >= 15 is 0 Å². The average Bonchev–Trinajstić information content (AvgIpc) is 2.41. The topological polar surface area (TPSA) is 29.4 Å². The van der Waals surface area contributed by atoms with Crippen LogP contribution in [0.1, 0.15) is 21.8 Å². The average molecular weight is 274 g/mol. The zero-order chi connectivity index (χ0) is 13.4. The van der Waals surface area contributed by atoms with Crippen molar-refractivity contribution in [2.24, 2.45) is 4.99 Å². The zero-order valence-electron chi connectivity index (χ0n) is 9.81. The van der Waals surface area contributed by atoms with Crippen LogP contribution in [0.2, 0.25) is 5.02 Å². The van der Waals surface area contributed by atoms with E-state index in [2.05, 4.69) is 4.99 Å². The van der Waals surface area contributed by atoms with E-state index in [1.165, 1.54) is 0 Å². The molecule has 1 aliphatic heterocycles. The first-order valence-electron chi connectivity index (χ1n) is 5.79. The molecule has 1 unspecified atom stereocenters. The van der Waals surface area contributed by atoms with Gasteiger partial charge < -0.3 is 0 Å². The summed E-state index contributed by atoms with van der Waals surface area (Å²) in [6.45, 7) is 0. The molecule has 0 saturated carbocycles. The number of Topliss-reactive ketones (excluding diaryl/α,β-unsaturated/α-hetero) is 1. The third-order valence-corrected chi connectivity index (χ3v) is 3.35. The molecule has 1 atom stereocenters. The molecule has 2 nitrogen and oxygen atoms in total. The van der Waals surface area contributed by atoms with Crippen molar-refractivity contribution in [1.29, 1.82) is 0 Å². The Morgan fingerprint density at radius 2 is 1.74 bits per heavy atom. The standard InChI is InChI=1S/C15H9ClFNO/c16-10-7-5-9(6-8-10)13-14(19)11-3-1-2-4-12(11)18-15(13)17/h1-8,13H. The molecular formula is C15H9ClFNO. The smallest absolute Gasteiger partial charge is 0.205 e. The minimum atomic E-state index is -0.966. The summed E-state index contributed by atoms with van der Waals surface area (Å²) < 4.78 is 14.1. The largest absolute Gasteiger partial charge is 0.293 e. The second-order valence-electron chi connectivity index (χ2n) is 4.30. The van der Waals surface area contributed by atoms with Crippen LogP contribution in [-0.4, -0.2) is 11.7 Å². The van der Waals surface area contributed by atoms with Crippen LogP contribution < -0.4 is 0 Å². The Morgan fingerprint density at radius 3 is 2.47 bits per heavy atom. The van der Waals surface area contributed by atoms with E-state index in [-0.39, 0.29) is 5.78 Å². The summed E-state index contributed by atoms with van der Waals surface area (Å²) in [6, 6.07) is 13.3. The highest BCUT2D eigenvalue weighted by molar-refractivity contribution is 6.30. The lowest BCUT2D eigenvalue weighted by Gasteiger charge is -2.19. The second-order valence-corrected chi connectivity index (χ2v) is 4.74. The number of aliphatic imine (C=N–C) groups is 1. The number of hydrogen-bond acceptors (Lipinski definition) is 2. The van der Waals surface area contributed by atoms with Gasteiger partial charge in [0.15, 0.2) is 5.78 Å². The van der Waals surface area contributed by atoms with Gasteiger partial charge in [0.25, 0.3) is 0 Å². The van der Waals surface area contributed by atoms with Gasteiger partial charge in [-0.05, 0) is 29.8 Å². The lowest BCUT2D eigenvalue weighted by Crippen LogP contribution is -2.22. The molecule has 0 N–H and O–H groups in total. The number of hydrogen-bond donors (Lipinski definition) is 0. The fourth-order valence-electron chi connectivity index (χ4n) is 2.17. The van der Waals surface area contributed by atoms with Crippen molar-refractivity contribution in [3.63, 3.8) is 0 Å². The van der Waals surface area contributed by atoms with Gasteiger partial charge in [0.05, 0.1) is 5.69 Å². The number of carbonyl (C=O) groups excluding carboxylic acids is 1. The molecule has 19 heavy (non-hydrogen) atoms. The van der Waals surface area contributed by atoms with Crippen molar-refractivity contribution >= 4 is 29.0 Å². The molecule has 0 aliphatic carbocycles. The maximum Gasteiger partial charge on any atom is 0.205 e. The second kappa shape index (κ2) is 4.59. The van der Waals surface area contributed by atoms with Crippen LogP contribution in [0.25, 0.3) is 0 Å². The lowest BCUT2D eigenvalue weighted by molar-refractivity contribution is 0.0978. The van der Waals surface area contributed by atoms with E-state index in [1.807, 2.05) is 0 Å². The van der Waals surface area contributed by atoms with E-state index in [0.717, 1.165) is 0 Å². The van der Waals surface area contributed by atoms with Crippen molar-refractivity contribution in [3.05, 3.63) is 64.7 Å². The number of carbonyl (C=O) groups is 1. The first-order valence-corrected chi connectivity index (χ1v) is 6.17. The Kier molecular flexibility index (Phi) is 2.91. The highest BCUT2D eigenvalue weighted by Crippen LogP contribution is 2.34. The van der Waals surface area contributed by atoms with Crippen LogP contribution >= 0.6 is 11.6 Å². The molecule has 0 bridgehead atoms. The molecule has 0 saturated heterocycles. The van der Waals surface area contributed by atoms with Crippen LogP contribution in [0, 0.1) is 0 Å². The number of rotatable bonds is 1. The Bertz CT molecular complexity index is 679. The van der Waals surface area contributed by atoms with Gasteiger partial charge in [-0.3, -0.25) is 4.79 Å². The van der Waals surface area contributed by atoms with Crippen LogP contribution in [-0.2, 0) is 0 Å². The Balaban J connectivity index is 2.10. The predicted molar refractivity (Wildman–Crippen MR) is 73.2 cm³/mol. The van der Waals surface area contributed by atoms with Crippen LogP contribution in [0.5, 0.6) is 0 Å². The molecule has 1 aliphatic rings. The van der Waals surface area contributed by atoms with Gasteiger partial charge >= 0.3 is 0 Å². The summed E-state index contributed by atoms with van der Waals surface area (Å²) >= 11 is 5.80. The van der Waals surface area contributed by atoms with E-state index in [4.69, 9.17) is 11.6 Å². The third-order valence-electron chi connectivity index (χ3n) is 3.10. The van der Waals surface area contributed by atoms with Crippen LogP contribution in [0.15, 0.2) is 53.5 Å². The number of ketones is 1. The van der Waals surface area contributed by atoms with Crippen molar-refractivity contribution in [2.75, 3.05) is 0 Å². The molecular weight excluding hydrogens is 265 g/mol. The first kappa shape index (κ1) is 12.1. The minimum absolute atomic E-state index is 0.273. The Morgan fingerprint density at radius 1 is 1.05 bits per heavy atom. The SMILES string of the molecule is O=C1c2ccccc2N=C(F)C1c1ccc(Cl)cc1. The van der Waals surface area contributed by atoms with Gasteiger partial charge in [0.2, 0.25) is 5.97 Å². The normalized spacial score (nSPS) is 17.9. The quantitative estimate of drug-likeness (QED) is 0.761. The van der Waals surface area contributed by atoms with Crippen molar-refractivity contribution in [2.45, 2.75) is 5.92 Å².